The van der Waals surface area contributed by atoms with Crippen molar-refractivity contribution in [3.63, 3.8) is 0 Å². The molecule has 0 aliphatic rings. The van der Waals surface area contributed by atoms with Gasteiger partial charge in [-0.05, 0) is 12.8 Å². The summed E-state index contributed by atoms with van der Waals surface area (Å²) in [5, 5.41) is 0.602. The summed E-state index contributed by atoms with van der Waals surface area (Å²) in [4.78, 5) is 11.4. The molecule has 0 amide bonds. The Bertz CT molecular complexity index is 556. The monoisotopic (exact) mass is 330 g/mol. The molecule has 0 fully saturated rings. The molecule has 0 rings (SSSR count). The van der Waals surface area contributed by atoms with Crippen molar-refractivity contribution >= 4 is 26.2 Å². The van der Waals surface area contributed by atoms with Crippen molar-refractivity contribution in [3.05, 3.63) is 11.0 Å². The molecule has 0 aromatic carbocycles. The Morgan fingerprint density at radius 2 is 1.80 bits per heavy atom. The molecule has 8 nitrogen and oxygen atoms in total. The zero-order chi connectivity index (χ0) is 16.0. The lowest BCUT2D eigenvalue weighted by Gasteiger charge is -2.06. The molecular formula is C10H18O8S2. The molecule has 0 heterocycles. The van der Waals surface area contributed by atoms with Crippen LogP contribution in [0.4, 0.5) is 0 Å². The van der Waals surface area contributed by atoms with Gasteiger partial charge in [0.25, 0.3) is 20.2 Å². The first-order valence-corrected chi connectivity index (χ1v) is 8.71. The minimum absolute atomic E-state index is 0.000179. The number of hydrogen-bond acceptors (Lipinski definition) is 7. The van der Waals surface area contributed by atoms with Crippen LogP contribution in [0, 0.1) is 5.92 Å². The molecule has 0 aliphatic heterocycles. The summed E-state index contributed by atoms with van der Waals surface area (Å²) in [6.45, 7) is 4.11. The van der Waals surface area contributed by atoms with Crippen LogP contribution in [-0.4, -0.2) is 46.3 Å². The largest absolute Gasteiger partial charge is 0.461 e. The van der Waals surface area contributed by atoms with Crippen molar-refractivity contribution in [2.45, 2.75) is 20.8 Å². The summed E-state index contributed by atoms with van der Waals surface area (Å²) in [6, 6.07) is 0. The lowest BCUT2D eigenvalue weighted by Crippen LogP contribution is -2.16. The molecule has 0 saturated carbocycles. The second-order valence-corrected chi connectivity index (χ2v) is 7.42. The summed E-state index contributed by atoms with van der Waals surface area (Å²) in [6.07, 6.45) is 0. The van der Waals surface area contributed by atoms with Crippen molar-refractivity contribution in [1.29, 1.82) is 0 Å². The number of carbonyl (C=O) groups excluding carboxylic acids is 1. The molecule has 0 unspecified atom stereocenters. The van der Waals surface area contributed by atoms with E-state index in [4.69, 9.17) is 4.55 Å². The van der Waals surface area contributed by atoms with Crippen LogP contribution < -0.4 is 0 Å². The average Bonchev–Trinajstić information content (AvgIpc) is 2.24. The van der Waals surface area contributed by atoms with Crippen LogP contribution in [0.25, 0.3) is 0 Å². The number of ether oxygens (including phenoxy) is 1. The Kier molecular flexibility index (Phi) is 7.34. The van der Waals surface area contributed by atoms with Crippen molar-refractivity contribution in [3.8, 4) is 0 Å². The summed E-state index contributed by atoms with van der Waals surface area (Å²) >= 11 is 0. The fourth-order valence-corrected chi connectivity index (χ4v) is 2.24. The second-order valence-electron chi connectivity index (χ2n) is 4.39. The summed E-state index contributed by atoms with van der Waals surface area (Å²) < 4.78 is 61.2. The Morgan fingerprint density at radius 1 is 1.25 bits per heavy atom. The highest BCUT2D eigenvalue weighted by molar-refractivity contribution is 7.89. The van der Waals surface area contributed by atoms with Gasteiger partial charge in [0.05, 0.1) is 12.0 Å². The van der Waals surface area contributed by atoms with Crippen LogP contribution in [0.3, 0.4) is 0 Å². The van der Waals surface area contributed by atoms with Gasteiger partial charge in [-0.3, -0.25) is 8.74 Å². The van der Waals surface area contributed by atoms with E-state index in [1.165, 1.54) is 6.92 Å². The van der Waals surface area contributed by atoms with Gasteiger partial charge in [-0.15, -0.1) is 0 Å². The molecule has 10 heteroatoms. The summed E-state index contributed by atoms with van der Waals surface area (Å²) in [5.74, 6) is -1.77. The minimum atomic E-state index is -4.24. The Labute approximate surface area is 118 Å². The van der Waals surface area contributed by atoms with E-state index in [0.717, 1.165) is 0 Å². The quantitative estimate of drug-likeness (QED) is 0.292. The van der Waals surface area contributed by atoms with Gasteiger partial charge in [0.2, 0.25) is 0 Å². The molecule has 0 aromatic heterocycles. The fourth-order valence-electron chi connectivity index (χ4n) is 0.883. The normalized spacial score (nSPS) is 13.6. The van der Waals surface area contributed by atoms with Gasteiger partial charge in [0, 0.05) is 5.57 Å². The van der Waals surface area contributed by atoms with Gasteiger partial charge >= 0.3 is 5.97 Å². The van der Waals surface area contributed by atoms with Crippen molar-refractivity contribution in [2.75, 3.05) is 19.0 Å². The maximum absolute atomic E-state index is 11.4. The molecule has 0 saturated heterocycles. The molecule has 0 aliphatic carbocycles. The molecule has 0 bridgehead atoms. The maximum Gasteiger partial charge on any atom is 0.334 e. The lowest BCUT2D eigenvalue weighted by molar-refractivity contribution is -0.138. The molecule has 0 radical (unpaired) electrons. The molecule has 0 spiro atoms. The van der Waals surface area contributed by atoms with Gasteiger partial charge in [0.1, 0.15) is 12.4 Å². The van der Waals surface area contributed by atoms with E-state index in [2.05, 4.69) is 8.92 Å². The predicted octanol–water partition coefficient (Wildman–Crippen LogP) is 0.324. The Morgan fingerprint density at radius 3 is 2.25 bits per heavy atom. The average molecular weight is 330 g/mol. The van der Waals surface area contributed by atoms with Crippen molar-refractivity contribution in [1.82, 2.24) is 0 Å². The number of carbonyl (C=O) groups is 1. The first kappa shape index (κ1) is 19.0. The van der Waals surface area contributed by atoms with E-state index in [9.17, 15) is 21.6 Å². The first-order valence-electron chi connectivity index (χ1n) is 5.63. The SMILES string of the molecule is CC(=CS(=O)(=O)OCC(C)C)C(=O)OCCS(=O)(=O)O. The fraction of sp³-hybridized carbons (Fsp3) is 0.700. The van der Waals surface area contributed by atoms with E-state index < -0.39 is 38.6 Å². The van der Waals surface area contributed by atoms with Crippen LogP contribution in [0.5, 0.6) is 0 Å². The smallest absolute Gasteiger partial charge is 0.334 e. The van der Waals surface area contributed by atoms with E-state index in [1.807, 2.05) is 0 Å². The zero-order valence-corrected chi connectivity index (χ0v) is 13.0. The van der Waals surface area contributed by atoms with Gasteiger partial charge in [-0.1, -0.05) is 13.8 Å². The molecule has 118 valence electrons. The van der Waals surface area contributed by atoms with Crippen LogP contribution in [0.15, 0.2) is 11.0 Å². The number of esters is 1. The van der Waals surface area contributed by atoms with Crippen LogP contribution in [0.2, 0.25) is 0 Å². The predicted molar refractivity (Wildman–Crippen MR) is 70.8 cm³/mol. The first-order chi connectivity index (χ1) is 8.93. The van der Waals surface area contributed by atoms with Crippen molar-refractivity contribution in [2.24, 2.45) is 5.92 Å². The van der Waals surface area contributed by atoms with E-state index >= 15 is 0 Å². The number of hydrogen-bond donors (Lipinski definition) is 1. The summed E-state index contributed by atoms with van der Waals surface area (Å²) in [5.41, 5.74) is -0.260. The highest BCUT2D eigenvalue weighted by atomic mass is 32.2. The van der Waals surface area contributed by atoms with Crippen LogP contribution >= 0.6 is 0 Å². The van der Waals surface area contributed by atoms with Crippen LogP contribution in [-0.2, 0) is 34.0 Å². The zero-order valence-electron chi connectivity index (χ0n) is 11.4. The Hall–Kier alpha value is -0.970. The van der Waals surface area contributed by atoms with E-state index in [0.29, 0.717) is 5.41 Å². The molecule has 1 N–H and O–H groups in total. The highest BCUT2D eigenvalue weighted by Gasteiger charge is 2.15. The van der Waals surface area contributed by atoms with Gasteiger partial charge in [0.15, 0.2) is 0 Å². The molecular weight excluding hydrogens is 312 g/mol. The van der Waals surface area contributed by atoms with Gasteiger partial charge in [-0.2, -0.15) is 16.8 Å². The highest BCUT2D eigenvalue weighted by Crippen LogP contribution is 2.06. The summed E-state index contributed by atoms with van der Waals surface area (Å²) in [7, 11) is -8.24. The number of rotatable bonds is 8. The van der Waals surface area contributed by atoms with Crippen LogP contribution in [0.1, 0.15) is 20.8 Å². The third-order valence-corrected chi connectivity index (χ3v) is 3.57. The Balaban J connectivity index is 4.52. The third-order valence-electron chi connectivity index (χ3n) is 1.78. The van der Waals surface area contributed by atoms with E-state index in [1.54, 1.807) is 13.8 Å². The third kappa shape index (κ3) is 9.89. The molecule has 0 aromatic rings. The van der Waals surface area contributed by atoms with Gasteiger partial charge in [-0.25, -0.2) is 4.79 Å². The minimum Gasteiger partial charge on any atom is -0.461 e. The van der Waals surface area contributed by atoms with Crippen molar-refractivity contribution < 1.29 is 35.1 Å². The van der Waals surface area contributed by atoms with Gasteiger partial charge < -0.3 is 4.74 Å². The molecule has 20 heavy (non-hydrogen) atoms. The topological polar surface area (TPSA) is 124 Å². The van der Waals surface area contributed by atoms with E-state index in [-0.39, 0.29) is 18.1 Å². The molecule has 0 atom stereocenters. The standard InChI is InChI=1S/C10H18O8S2/c1-8(2)6-18-20(15,16)7-9(3)10(11)17-4-5-19(12,13)14/h7-8H,4-6H2,1-3H3,(H,12,13,14). The maximum atomic E-state index is 11.4. The second kappa shape index (κ2) is 7.72. The lowest BCUT2D eigenvalue weighted by atomic mass is 10.2.